The van der Waals surface area contributed by atoms with Crippen molar-refractivity contribution in [1.82, 2.24) is 15.0 Å². The first-order valence-corrected chi connectivity index (χ1v) is 6.03. The summed E-state index contributed by atoms with van der Waals surface area (Å²) in [5, 5.41) is 0. The molecule has 4 heteroatoms. The van der Waals surface area contributed by atoms with Crippen LogP contribution in [-0.4, -0.2) is 15.0 Å². The molecule has 2 aromatic heterocycles. The maximum Gasteiger partial charge on any atom is 0.254 e. The summed E-state index contributed by atoms with van der Waals surface area (Å²) in [4.78, 5) is 23.5. The van der Waals surface area contributed by atoms with Crippen LogP contribution in [0.2, 0.25) is 0 Å². The van der Waals surface area contributed by atoms with Crippen molar-refractivity contribution in [2.24, 2.45) is 0 Å². The predicted octanol–water partition coefficient (Wildman–Crippen LogP) is 2.57. The van der Waals surface area contributed by atoms with Crippen molar-refractivity contribution < 1.29 is 0 Å². The highest BCUT2D eigenvalue weighted by Gasteiger charge is 2.11. The molecule has 2 aromatic rings. The van der Waals surface area contributed by atoms with Crippen molar-refractivity contribution in [3.63, 3.8) is 0 Å². The molecular weight excluding hydrogens is 226 g/mol. The smallest absolute Gasteiger partial charge is 0.254 e. The van der Waals surface area contributed by atoms with E-state index in [1.165, 1.54) is 0 Å². The molecular formula is C14H17N3O. The lowest BCUT2D eigenvalue weighted by Crippen LogP contribution is -2.16. The van der Waals surface area contributed by atoms with E-state index in [4.69, 9.17) is 0 Å². The first-order valence-electron chi connectivity index (χ1n) is 6.03. The Balaban J connectivity index is 2.63. The van der Waals surface area contributed by atoms with Crippen molar-refractivity contribution in [3.8, 4) is 11.3 Å². The van der Waals surface area contributed by atoms with E-state index in [1.807, 2.05) is 32.9 Å². The number of nitrogens with zero attached hydrogens (tertiary/aromatic N) is 2. The molecule has 0 atom stereocenters. The third-order valence-corrected chi connectivity index (χ3v) is 2.90. The molecule has 2 rings (SSSR count). The van der Waals surface area contributed by atoms with Gasteiger partial charge in [0.25, 0.3) is 5.56 Å². The van der Waals surface area contributed by atoms with Crippen LogP contribution < -0.4 is 5.56 Å². The lowest BCUT2D eigenvalue weighted by atomic mass is 10.1. The summed E-state index contributed by atoms with van der Waals surface area (Å²) in [7, 11) is 0. The maximum atomic E-state index is 11.9. The minimum Gasteiger partial charge on any atom is -0.310 e. The van der Waals surface area contributed by atoms with Gasteiger partial charge in [0.15, 0.2) is 0 Å². The SMILES string of the molecule is Cc1ccc(-c2nc(C(C)C)[nH]c(=O)c2C)cn1. The highest BCUT2D eigenvalue weighted by molar-refractivity contribution is 5.61. The molecule has 0 fully saturated rings. The fraction of sp³-hybridized carbons (Fsp3) is 0.357. The molecule has 0 saturated carbocycles. The number of H-pyrrole nitrogens is 1. The fourth-order valence-electron chi connectivity index (χ4n) is 1.71. The van der Waals surface area contributed by atoms with E-state index in [0.29, 0.717) is 11.4 Å². The molecule has 0 aliphatic heterocycles. The van der Waals surface area contributed by atoms with E-state index in [1.54, 1.807) is 13.1 Å². The Labute approximate surface area is 106 Å². The fourth-order valence-corrected chi connectivity index (χ4v) is 1.71. The Morgan fingerprint density at radius 3 is 2.50 bits per heavy atom. The second-order valence-electron chi connectivity index (χ2n) is 4.77. The number of hydrogen-bond acceptors (Lipinski definition) is 3. The topological polar surface area (TPSA) is 58.6 Å². The number of aromatic nitrogens is 3. The van der Waals surface area contributed by atoms with Crippen molar-refractivity contribution in [2.45, 2.75) is 33.6 Å². The minimum atomic E-state index is -0.0794. The molecule has 0 aliphatic carbocycles. The quantitative estimate of drug-likeness (QED) is 0.881. The summed E-state index contributed by atoms with van der Waals surface area (Å²) in [6.07, 6.45) is 1.76. The average Bonchev–Trinajstić information content (AvgIpc) is 2.33. The minimum absolute atomic E-state index is 0.0794. The van der Waals surface area contributed by atoms with Gasteiger partial charge >= 0.3 is 0 Å². The van der Waals surface area contributed by atoms with Crippen molar-refractivity contribution in [1.29, 1.82) is 0 Å². The molecule has 0 aliphatic rings. The van der Waals surface area contributed by atoms with E-state index in [9.17, 15) is 4.79 Å². The van der Waals surface area contributed by atoms with E-state index in [2.05, 4.69) is 15.0 Å². The lowest BCUT2D eigenvalue weighted by molar-refractivity contribution is 0.764. The largest absolute Gasteiger partial charge is 0.310 e. The zero-order chi connectivity index (χ0) is 13.3. The van der Waals surface area contributed by atoms with Gasteiger partial charge in [-0.3, -0.25) is 9.78 Å². The van der Waals surface area contributed by atoms with Crippen molar-refractivity contribution in [2.75, 3.05) is 0 Å². The molecule has 0 bridgehead atoms. The molecule has 1 N–H and O–H groups in total. The van der Waals surface area contributed by atoms with Crippen LogP contribution in [0.4, 0.5) is 0 Å². The average molecular weight is 243 g/mol. The standard InChI is InChI=1S/C14H17N3O/c1-8(2)13-16-12(10(4)14(18)17-13)11-6-5-9(3)15-7-11/h5-8H,1-4H3,(H,16,17,18). The molecule has 0 saturated heterocycles. The normalized spacial score (nSPS) is 10.9. The van der Waals surface area contributed by atoms with Gasteiger partial charge in [0.2, 0.25) is 0 Å². The summed E-state index contributed by atoms with van der Waals surface area (Å²) in [6.45, 7) is 7.72. The van der Waals surface area contributed by atoms with Crippen LogP contribution in [0.15, 0.2) is 23.1 Å². The lowest BCUT2D eigenvalue weighted by Gasteiger charge is -2.09. The number of pyridine rings is 1. The predicted molar refractivity (Wildman–Crippen MR) is 71.7 cm³/mol. The van der Waals surface area contributed by atoms with Gasteiger partial charge < -0.3 is 4.98 Å². The van der Waals surface area contributed by atoms with Gasteiger partial charge in [-0.15, -0.1) is 0 Å². The zero-order valence-electron chi connectivity index (χ0n) is 11.1. The summed E-state index contributed by atoms with van der Waals surface area (Å²) in [5.41, 5.74) is 3.10. The van der Waals surface area contributed by atoms with E-state index >= 15 is 0 Å². The monoisotopic (exact) mass is 243 g/mol. The summed E-state index contributed by atoms with van der Waals surface area (Å²) < 4.78 is 0. The molecule has 0 amide bonds. The third-order valence-electron chi connectivity index (χ3n) is 2.90. The number of nitrogens with one attached hydrogen (secondary N) is 1. The van der Waals surface area contributed by atoms with Crippen LogP contribution in [0.1, 0.15) is 36.8 Å². The molecule has 94 valence electrons. The first kappa shape index (κ1) is 12.5. The Kier molecular flexibility index (Phi) is 3.28. The van der Waals surface area contributed by atoms with Gasteiger partial charge in [0.05, 0.1) is 5.69 Å². The molecule has 18 heavy (non-hydrogen) atoms. The summed E-state index contributed by atoms with van der Waals surface area (Å²) in [6, 6.07) is 3.87. The van der Waals surface area contributed by atoms with Crippen LogP contribution in [0.5, 0.6) is 0 Å². The van der Waals surface area contributed by atoms with Crippen LogP contribution >= 0.6 is 0 Å². The van der Waals surface area contributed by atoms with E-state index in [-0.39, 0.29) is 11.5 Å². The van der Waals surface area contributed by atoms with Crippen molar-refractivity contribution in [3.05, 3.63) is 45.8 Å². The Hall–Kier alpha value is -1.97. The second kappa shape index (κ2) is 4.72. The molecule has 0 radical (unpaired) electrons. The van der Waals surface area contributed by atoms with Crippen LogP contribution in [0.25, 0.3) is 11.3 Å². The summed E-state index contributed by atoms with van der Waals surface area (Å²) in [5.74, 6) is 0.900. The van der Waals surface area contributed by atoms with Gasteiger partial charge in [-0.25, -0.2) is 4.98 Å². The van der Waals surface area contributed by atoms with E-state index < -0.39 is 0 Å². The number of rotatable bonds is 2. The number of aryl methyl sites for hydroxylation is 1. The Morgan fingerprint density at radius 1 is 1.22 bits per heavy atom. The highest BCUT2D eigenvalue weighted by Crippen LogP contribution is 2.19. The van der Waals surface area contributed by atoms with Gasteiger partial charge in [0.1, 0.15) is 5.82 Å². The van der Waals surface area contributed by atoms with Crippen LogP contribution in [0, 0.1) is 13.8 Å². The highest BCUT2D eigenvalue weighted by atomic mass is 16.1. The van der Waals surface area contributed by atoms with Crippen LogP contribution in [0.3, 0.4) is 0 Å². The molecule has 0 aromatic carbocycles. The second-order valence-corrected chi connectivity index (χ2v) is 4.77. The molecule has 0 unspecified atom stereocenters. The van der Waals surface area contributed by atoms with E-state index in [0.717, 1.165) is 17.0 Å². The number of aromatic amines is 1. The Morgan fingerprint density at radius 2 is 1.94 bits per heavy atom. The summed E-state index contributed by atoms with van der Waals surface area (Å²) >= 11 is 0. The van der Waals surface area contributed by atoms with Crippen molar-refractivity contribution >= 4 is 0 Å². The maximum absolute atomic E-state index is 11.9. The molecule has 0 spiro atoms. The zero-order valence-corrected chi connectivity index (χ0v) is 11.1. The first-order chi connectivity index (χ1) is 8.49. The van der Waals surface area contributed by atoms with Gasteiger partial charge in [0, 0.05) is 28.9 Å². The van der Waals surface area contributed by atoms with Gasteiger partial charge in [-0.05, 0) is 26.0 Å². The molecule has 4 nitrogen and oxygen atoms in total. The molecule has 2 heterocycles. The van der Waals surface area contributed by atoms with Crippen LogP contribution in [-0.2, 0) is 0 Å². The number of hydrogen-bond donors (Lipinski definition) is 1. The van der Waals surface area contributed by atoms with Gasteiger partial charge in [-0.2, -0.15) is 0 Å². The third kappa shape index (κ3) is 2.32. The Bertz CT molecular complexity index is 612. The van der Waals surface area contributed by atoms with Gasteiger partial charge in [-0.1, -0.05) is 13.8 Å².